The minimum Gasteiger partial charge on any atom is -0.381 e. The molecule has 0 aliphatic heterocycles. The van der Waals surface area contributed by atoms with Crippen molar-refractivity contribution in [2.24, 2.45) is 5.41 Å². The van der Waals surface area contributed by atoms with Crippen LogP contribution in [-0.2, 0) is 11.3 Å². The first kappa shape index (κ1) is 12.6. The Morgan fingerprint density at radius 2 is 2.38 bits per heavy atom. The third-order valence-corrected chi connectivity index (χ3v) is 5.19. The summed E-state index contributed by atoms with van der Waals surface area (Å²) in [6.45, 7) is 5.49. The van der Waals surface area contributed by atoms with Crippen molar-refractivity contribution in [3.05, 3.63) is 20.8 Å². The first-order valence-electron chi connectivity index (χ1n) is 5.53. The molecule has 0 radical (unpaired) electrons. The normalized spacial score (nSPS) is 27.8. The molecule has 16 heavy (non-hydrogen) atoms. The van der Waals surface area contributed by atoms with Gasteiger partial charge < -0.3 is 10.1 Å². The van der Waals surface area contributed by atoms with E-state index >= 15 is 0 Å². The average Bonchev–Trinajstić information content (AvgIpc) is 2.63. The second-order valence-electron chi connectivity index (χ2n) is 4.97. The van der Waals surface area contributed by atoms with Crippen LogP contribution in [0.2, 0.25) is 0 Å². The predicted octanol–water partition coefficient (Wildman–Crippen LogP) is 3.41. The highest BCUT2D eigenvalue weighted by atomic mass is 79.9. The molecular weight excluding hydrogens is 286 g/mol. The molecule has 1 N–H and O–H groups in total. The Balaban J connectivity index is 1.84. The first-order valence-corrected chi connectivity index (χ1v) is 7.20. The van der Waals surface area contributed by atoms with Crippen LogP contribution >= 0.6 is 27.3 Å². The first-order chi connectivity index (χ1) is 7.54. The number of nitrogens with one attached hydrogen (secondary N) is 1. The molecule has 1 aromatic heterocycles. The topological polar surface area (TPSA) is 21.3 Å². The highest BCUT2D eigenvalue weighted by Gasteiger charge is 2.48. The second kappa shape index (κ2) is 4.77. The van der Waals surface area contributed by atoms with Crippen molar-refractivity contribution in [1.29, 1.82) is 0 Å². The second-order valence-corrected chi connectivity index (χ2v) is 7.26. The van der Waals surface area contributed by atoms with Crippen LogP contribution in [0.4, 0.5) is 0 Å². The minimum absolute atomic E-state index is 0.252. The smallest absolute Gasteiger partial charge is 0.0701 e. The number of ether oxygens (including phenoxy) is 1. The van der Waals surface area contributed by atoms with E-state index in [1.165, 1.54) is 9.35 Å². The van der Waals surface area contributed by atoms with E-state index in [1.54, 1.807) is 18.4 Å². The molecule has 1 aliphatic rings. The fraction of sp³-hybridized carbons (Fsp3) is 0.667. The molecule has 2 atom stereocenters. The standard InChI is InChI=1S/C12H18BrNOS/c1-12(2)9(5-10(12)15-3)14-6-8-4-11(13)16-7-8/h4,7,9-10,14H,5-6H2,1-3H3. The Kier molecular flexibility index (Phi) is 3.74. The largest absolute Gasteiger partial charge is 0.381 e. The summed E-state index contributed by atoms with van der Waals surface area (Å²) in [6.07, 6.45) is 1.52. The van der Waals surface area contributed by atoms with Crippen molar-refractivity contribution in [1.82, 2.24) is 5.32 Å². The van der Waals surface area contributed by atoms with E-state index in [4.69, 9.17) is 4.74 Å². The third kappa shape index (κ3) is 2.35. The van der Waals surface area contributed by atoms with Crippen LogP contribution in [0.15, 0.2) is 15.2 Å². The molecule has 0 spiro atoms. The van der Waals surface area contributed by atoms with Crippen LogP contribution < -0.4 is 5.32 Å². The zero-order chi connectivity index (χ0) is 11.8. The highest BCUT2D eigenvalue weighted by Crippen LogP contribution is 2.42. The molecule has 4 heteroatoms. The summed E-state index contributed by atoms with van der Waals surface area (Å²) in [4.78, 5) is 0. The molecule has 2 rings (SSSR count). The summed E-state index contributed by atoms with van der Waals surface area (Å²) < 4.78 is 6.64. The van der Waals surface area contributed by atoms with E-state index in [-0.39, 0.29) is 5.41 Å². The summed E-state index contributed by atoms with van der Waals surface area (Å²) >= 11 is 5.22. The Hall–Kier alpha value is 0.100. The van der Waals surface area contributed by atoms with Crippen LogP contribution in [0, 0.1) is 5.41 Å². The highest BCUT2D eigenvalue weighted by molar-refractivity contribution is 9.11. The van der Waals surface area contributed by atoms with Crippen LogP contribution in [0.5, 0.6) is 0 Å². The average molecular weight is 304 g/mol. The molecule has 1 aliphatic carbocycles. The van der Waals surface area contributed by atoms with Crippen LogP contribution in [0.25, 0.3) is 0 Å². The van der Waals surface area contributed by atoms with Crippen LogP contribution in [-0.4, -0.2) is 19.3 Å². The van der Waals surface area contributed by atoms with E-state index in [9.17, 15) is 0 Å². The van der Waals surface area contributed by atoms with Gasteiger partial charge in [0.15, 0.2) is 0 Å². The summed E-state index contributed by atoms with van der Waals surface area (Å²) in [5.41, 5.74) is 1.61. The van der Waals surface area contributed by atoms with E-state index < -0.39 is 0 Å². The molecule has 0 bridgehead atoms. The molecule has 90 valence electrons. The van der Waals surface area contributed by atoms with Crippen LogP contribution in [0.3, 0.4) is 0 Å². The fourth-order valence-electron chi connectivity index (χ4n) is 2.31. The predicted molar refractivity (Wildman–Crippen MR) is 71.8 cm³/mol. The lowest BCUT2D eigenvalue weighted by Crippen LogP contribution is -2.60. The van der Waals surface area contributed by atoms with Crippen molar-refractivity contribution < 1.29 is 4.74 Å². The van der Waals surface area contributed by atoms with Gasteiger partial charge in [0.25, 0.3) is 0 Å². The van der Waals surface area contributed by atoms with E-state index in [0.29, 0.717) is 12.1 Å². The fourth-order valence-corrected chi connectivity index (χ4v) is 3.52. The van der Waals surface area contributed by atoms with Gasteiger partial charge in [-0.2, -0.15) is 0 Å². The van der Waals surface area contributed by atoms with Gasteiger partial charge in [-0.3, -0.25) is 0 Å². The van der Waals surface area contributed by atoms with E-state index in [1.807, 2.05) is 0 Å². The molecule has 0 amide bonds. The molecule has 0 aromatic carbocycles. The Morgan fingerprint density at radius 3 is 2.88 bits per heavy atom. The van der Waals surface area contributed by atoms with Gasteiger partial charge >= 0.3 is 0 Å². The Labute approximate surface area is 110 Å². The number of hydrogen-bond donors (Lipinski definition) is 1. The van der Waals surface area contributed by atoms with Gasteiger partial charge in [-0.25, -0.2) is 0 Å². The molecular formula is C12H18BrNOS. The maximum atomic E-state index is 5.44. The lowest BCUT2D eigenvalue weighted by atomic mass is 9.64. The Bertz CT molecular complexity index is 364. The summed E-state index contributed by atoms with van der Waals surface area (Å²) in [5, 5.41) is 5.80. The quantitative estimate of drug-likeness (QED) is 0.920. The SMILES string of the molecule is COC1CC(NCc2csc(Br)c2)C1(C)C. The third-order valence-electron chi connectivity index (χ3n) is 3.64. The molecule has 2 nitrogen and oxygen atoms in total. The van der Waals surface area contributed by atoms with E-state index in [0.717, 1.165) is 13.0 Å². The molecule has 1 heterocycles. The van der Waals surface area contributed by atoms with Gasteiger partial charge in [-0.1, -0.05) is 13.8 Å². The zero-order valence-electron chi connectivity index (χ0n) is 9.92. The molecule has 0 saturated heterocycles. The summed E-state index contributed by atoms with van der Waals surface area (Å²) in [7, 11) is 1.80. The monoisotopic (exact) mass is 303 g/mol. The van der Waals surface area contributed by atoms with E-state index in [2.05, 4.69) is 46.5 Å². The van der Waals surface area contributed by atoms with Crippen molar-refractivity contribution in [2.75, 3.05) is 7.11 Å². The lowest BCUT2D eigenvalue weighted by molar-refractivity contribution is -0.0978. The van der Waals surface area contributed by atoms with Gasteiger partial charge in [0.05, 0.1) is 9.89 Å². The molecule has 1 fully saturated rings. The van der Waals surface area contributed by atoms with Crippen LogP contribution in [0.1, 0.15) is 25.8 Å². The lowest BCUT2D eigenvalue weighted by Gasteiger charge is -2.51. The summed E-state index contributed by atoms with van der Waals surface area (Å²) in [6, 6.07) is 2.74. The van der Waals surface area contributed by atoms with Gasteiger partial charge in [-0.15, -0.1) is 11.3 Å². The number of halogens is 1. The van der Waals surface area contributed by atoms with Crippen molar-refractivity contribution >= 4 is 27.3 Å². The van der Waals surface area contributed by atoms with Gasteiger partial charge in [0.1, 0.15) is 0 Å². The molecule has 2 unspecified atom stereocenters. The van der Waals surface area contributed by atoms with Crippen molar-refractivity contribution in [2.45, 2.75) is 39.0 Å². The molecule has 1 aromatic rings. The van der Waals surface area contributed by atoms with Gasteiger partial charge in [0, 0.05) is 25.1 Å². The number of thiophene rings is 1. The zero-order valence-corrected chi connectivity index (χ0v) is 12.3. The number of hydrogen-bond acceptors (Lipinski definition) is 3. The van der Waals surface area contributed by atoms with Gasteiger partial charge in [0.2, 0.25) is 0 Å². The van der Waals surface area contributed by atoms with Gasteiger partial charge in [-0.05, 0) is 39.4 Å². The minimum atomic E-state index is 0.252. The molecule has 1 saturated carbocycles. The van der Waals surface area contributed by atoms with Crippen molar-refractivity contribution in [3.8, 4) is 0 Å². The maximum Gasteiger partial charge on any atom is 0.0701 e. The number of methoxy groups -OCH3 is 1. The summed E-state index contributed by atoms with van der Waals surface area (Å²) in [5.74, 6) is 0. The van der Waals surface area contributed by atoms with Crippen molar-refractivity contribution in [3.63, 3.8) is 0 Å². The maximum absolute atomic E-state index is 5.44. The number of rotatable bonds is 4. The Morgan fingerprint density at radius 1 is 1.62 bits per heavy atom.